The van der Waals surface area contributed by atoms with Crippen molar-refractivity contribution in [3.8, 4) is 0 Å². The highest BCUT2D eigenvalue weighted by molar-refractivity contribution is 7.92. The van der Waals surface area contributed by atoms with E-state index in [9.17, 15) is 12.8 Å². The molecule has 8 heteroatoms. The topological polar surface area (TPSA) is 92.1 Å². The first-order valence-corrected chi connectivity index (χ1v) is 7.47. The van der Waals surface area contributed by atoms with Gasteiger partial charge in [0.2, 0.25) is 0 Å². The first-order valence-electron chi connectivity index (χ1n) is 6.03. The zero-order valence-corrected chi connectivity index (χ0v) is 11.5. The van der Waals surface area contributed by atoms with E-state index in [1.54, 1.807) is 6.07 Å². The number of hydrogen-bond acceptors (Lipinski definition) is 4. The van der Waals surface area contributed by atoms with Crippen molar-refractivity contribution < 1.29 is 12.8 Å². The molecular formula is C12H15FN4O2S. The second kappa shape index (κ2) is 6.02. The number of sulfonamides is 1. The monoisotopic (exact) mass is 298 g/mol. The van der Waals surface area contributed by atoms with Gasteiger partial charge in [-0.3, -0.25) is 4.31 Å². The number of nitrogens with zero attached hydrogens (tertiary/aromatic N) is 2. The Morgan fingerprint density at radius 1 is 1.35 bits per heavy atom. The molecule has 2 rings (SSSR count). The quantitative estimate of drug-likeness (QED) is 0.835. The van der Waals surface area contributed by atoms with Crippen molar-refractivity contribution in [3.05, 3.63) is 42.6 Å². The van der Waals surface area contributed by atoms with Gasteiger partial charge in [-0.15, -0.1) is 0 Å². The summed E-state index contributed by atoms with van der Waals surface area (Å²) in [4.78, 5) is 6.22. The van der Waals surface area contributed by atoms with Gasteiger partial charge in [-0.25, -0.2) is 9.37 Å². The number of nitrogens with one attached hydrogen (secondary N) is 1. The molecule has 0 spiro atoms. The molecule has 1 aromatic carbocycles. The van der Waals surface area contributed by atoms with E-state index in [-0.39, 0.29) is 17.3 Å². The molecule has 6 nitrogen and oxygen atoms in total. The van der Waals surface area contributed by atoms with Gasteiger partial charge < -0.3 is 10.7 Å². The molecule has 0 bridgehead atoms. The minimum Gasteiger partial charge on any atom is -0.334 e. The van der Waals surface area contributed by atoms with Crippen LogP contribution in [0.1, 0.15) is 6.42 Å². The zero-order valence-electron chi connectivity index (χ0n) is 10.7. The predicted molar refractivity (Wildman–Crippen MR) is 73.2 cm³/mol. The summed E-state index contributed by atoms with van der Waals surface area (Å²) in [6.45, 7) is 0.405. The number of nitrogens with two attached hydrogens (primary N) is 1. The molecule has 20 heavy (non-hydrogen) atoms. The van der Waals surface area contributed by atoms with Crippen molar-refractivity contribution in [1.82, 2.24) is 9.97 Å². The molecule has 0 aliphatic rings. The van der Waals surface area contributed by atoms with Gasteiger partial charge >= 0.3 is 0 Å². The molecule has 0 saturated carbocycles. The molecule has 0 atom stereocenters. The van der Waals surface area contributed by atoms with E-state index >= 15 is 0 Å². The molecule has 0 fully saturated rings. The minimum absolute atomic E-state index is 0.00412. The second-order valence-corrected chi connectivity index (χ2v) is 5.92. The first kappa shape index (κ1) is 14.5. The lowest BCUT2D eigenvalue weighted by Gasteiger charge is -2.23. The minimum atomic E-state index is -3.89. The molecule has 2 aromatic rings. The van der Waals surface area contributed by atoms with Crippen LogP contribution in [-0.2, 0) is 10.0 Å². The van der Waals surface area contributed by atoms with E-state index in [1.807, 2.05) is 0 Å². The number of imidazole rings is 1. The van der Waals surface area contributed by atoms with Crippen LogP contribution in [0, 0.1) is 5.82 Å². The van der Waals surface area contributed by atoms with Crippen LogP contribution in [-0.4, -0.2) is 31.5 Å². The van der Waals surface area contributed by atoms with E-state index < -0.39 is 15.8 Å². The summed E-state index contributed by atoms with van der Waals surface area (Å²) in [5.41, 5.74) is 5.42. The number of hydrogen-bond donors (Lipinski definition) is 2. The molecule has 0 aliphatic heterocycles. The second-order valence-electron chi connectivity index (χ2n) is 4.09. The standard InChI is InChI=1S/C12H15FN4O2S/c13-10-4-1-2-5-11(10)17(7-3-6-14)20(18,19)12-8-15-9-16-12/h1-2,4-5,8-9H,3,6-7,14H2,(H,15,16). The summed E-state index contributed by atoms with van der Waals surface area (Å²) < 4.78 is 39.9. The zero-order chi connectivity index (χ0) is 14.6. The number of anilines is 1. The lowest BCUT2D eigenvalue weighted by molar-refractivity contribution is 0.580. The van der Waals surface area contributed by atoms with E-state index in [2.05, 4.69) is 9.97 Å². The van der Waals surface area contributed by atoms with Crippen LogP contribution in [0.5, 0.6) is 0 Å². The van der Waals surface area contributed by atoms with Gasteiger partial charge in [0, 0.05) is 6.54 Å². The molecule has 0 saturated heterocycles. The molecule has 1 aromatic heterocycles. The van der Waals surface area contributed by atoms with Crippen LogP contribution in [0.4, 0.5) is 10.1 Å². The summed E-state index contributed by atoms with van der Waals surface area (Å²) in [5, 5.41) is -0.0854. The van der Waals surface area contributed by atoms with Gasteiger partial charge in [-0.1, -0.05) is 12.1 Å². The Kier molecular flexibility index (Phi) is 4.35. The Bertz CT molecular complexity index is 658. The first-order chi connectivity index (χ1) is 9.57. The number of rotatable bonds is 6. The van der Waals surface area contributed by atoms with Crippen molar-refractivity contribution in [3.63, 3.8) is 0 Å². The predicted octanol–water partition coefficient (Wildman–Crippen LogP) is 1.09. The normalized spacial score (nSPS) is 11.5. The fraction of sp³-hybridized carbons (Fsp3) is 0.250. The molecule has 3 N–H and O–H groups in total. The maximum atomic E-state index is 13.9. The summed E-state index contributed by atoms with van der Waals surface area (Å²) in [6, 6.07) is 5.71. The van der Waals surface area contributed by atoms with Crippen LogP contribution < -0.4 is 10.0 Å². The van der Waals surface area contributed by atoms with Crippen molar-refractivity contribution in [2.45, 2.75) is 11.4 Å². The molecule has 0 unspecified atom stereocenters. The lowest BCUT2D eigenvalue weighted by atomic mass is 10.3. The molecule has 0 radical (unpaired) electrons. The van der Waals surface area contributed by atoms with Crippen LogP contribution in [0.3, 0.4) is 0 Å². The molecule has 0 aliphatic carbocycles. The van der Waals surface area contributed by atoms with Gasteiger partial charge in [-0.2, -0.15) is 8.42 Å². The van der Waals surface area contributed by atoms with Crippen molar-refractivity contribution >= 4 is 15.7 Å². The highest BCUT2D eigenvalue weighted by Crippen LogP contribution is 2.25. The largest absolute Gasteiger partial charge is 0.334 e. The number of halogens is 1. The SMILES string of the molecule is NCCCN(c1ccccc1F)S(=O)(=O)c1cnc[nH]1. The van der Waals surface area contributed by atoms with E-state index in [0.29, 0.717) is 13.0 Å². The van der Waals surface area contributed by atoms with E-state index in [0.717, 1.165) is 4.31 Å². The maximum absolute atomic E-state index is 13.9. The van der Waals surface area contributed by atoms with Crippen molar-refractivity contribution in [2.75, 3.05) is 17.4 Å². The number of H-pyrrole nitrogens is 1. The third-order valence-electron chi connectivity index (χ3n) is 2.73. The highest BCUT2D eigenvalue weighted by atomic mass is 32.2. The maximum Gasteiger partial charge on any atom is 0.281 e. The van der Waals surface area contributed by atoms with Crippen LogP contribution in [0.15, 0.2) is 41.8 Å². The Labute approximate surface area is 116 Å². The Morgan fingerprint density at radius 3 is 2.70 bits per heavy atom. The Morgan fingerprint density at radius 2 is 2.10 bits per heavy atom. The van der Waals surface area contributed by atoms with Gasteiger partial charge in [0.1, 0.15) is 5.82 Å². The lowest BCUT2D eigenvalue weighted by Crippen LogP contribution is -2.34. The third kappa shape index (κ3) is 2.81. The van der Waals surface area contributed by atoms with Crippen LogP contribution in [0.2, 0.25) is 0 Å². The average Bonchev–Trinajstić information content (AvgIpc) is 2.95. The van der Waals surface area contributed by atoms with Gasteiger partial charge in [0.05, 0.1) is 18.2 Å². The van der Waals surface area contributed by atoms with E-state index in [1.165, 1.54) is 30.7 Å². The molecular weight excluding hydrogens is 283 g/mol. The Hall–Kier alpha value is -1.93. The summed E-state index contributed by atoms with van der Waals surface area (Å²) in [7, 11) is -3.89. The molecule has 108 valence electrons. The number of para-hydroxylation sites is 1. The number of aromatic nitrogens is 2. The van der Waals surface area contributed by atoms with Gasteiger partial charge in [-0.05, 0) is 25.1 Å². The summed E-state index contributed by atoms with van der Waals surface area (Å²) in [5.74, 6) is -0.604. The summed E-state index contributed by atoms with van der Waals surface area (Å²) in [6.07, 6.45) is 2.86. The molecule has 1 heterocycles. The Balaban J connectivity index is 2.46. The fourth-order valence-corrected chi connectivity index (χ4v) is 3.17. The van der Waals surface area contributed by atoms with Gasteiger partial charge in [0.15, 0.2) is 5.03 Å². The number of aromatic amines is 1. The van der Waals surface area contributed by atoms with Crippen LogP contribution >= 0.6 is 0 Å². The fourth-order valence-electron chi connectivity index (χ4n) is 1.76. The smallest absolute Gasteiger partial charge is 0.281 e. The van der Waals surface area contributed by atoms with Crippen molar-refractivity contribution in [2.24, 2.45) is 5.73 Å². The number of benzene rings is 1. The van der Waals surface area contributed by atoms with Crippen LogP contribution in [0.25, 0.3) is 0 Å². The third-order valence-corrected chi connectivity index (χ3v) is 4.47. The highest BCUT2D eigenvalue weighted by Gasteiger charge is 2.27. The van der Waals surface area contributed by atoms with E-state index in [4.69, 9.17) is 5.73 Å². The molecule has 0 amide bonds. The average molecular weight is 298 g/mol. The summed E-state index contributed by atoms with van der Waals surface area (Å²) >= 11 is 0. The van der Waals surface area contributed by atoms with Crippen molar-refractivity contribution in [1.29, 1.82) is 0 Å². The van der Waals surface area contributed by atoms with Gasteiger partial charge in [0.25, 0.3) is 10.0 Å².